The van der Waals surface area contributed by atoms with Crippen LogP contribution in [0.15, 0.2) is 68.0 Å². The van der Waals surface area contributed by atoms with E-state index in [4.69, 9.17) is 27.5 Å². The van der Waals surface area contributed by atoms with Crippen LogP contribution >= 0.6 is 22.9 Å². The van der Waals surface area contributed by atoms with Crippen molar-refractivity contribution in [1.82, 2.24) is 15.2 Å². The average Bonchev–Trinajstić information content (AvgIpc) is 3.52. The molecule has 1 aromatic carbocycles. The lowest BCUT2D eigenvalue weighted by Gasteiger charge is -2.33. The summed E-state index contributed by atoms with van der Waals surface area (Å²) in [5.74, 6) is -0.203. The number of hydrogen-bond acceptors (Lipinski definition) is 8. The van der Waals surface area contributed by atoms with Crippen molar-refractivity contribution in [3.63, 3.8) is 0 Å². The molecule has 2 N–H and O–H groups in total. The maximum atomic E-state index is 13.9. The fraction of sp³-hybridized carbons (Fsp3) is 0.286. The molecule has 0 amide bonds. The van der Waals surface area contributed by atoms with Gasteiger partial charge in [0.25, 0.3) is 0 Å². The summed E-state index contributed by atoms with van der Waals surface area (Å²) in [7, 11) is 0. The molecule has 1 saturated heterocycles. The van der Waals surface area contributed by atoms with Crippen LogP contribution in [0.3, 0.4) is 0 Å². The number of amidine groups is 1. The first-order valence-corrected chi connectivity index (χ1v) is 11.8. The standard InChI is InChI=1S/C21H17ClF3N11S/c22-14-5-12(23)1-2-13(14)17-16(11(7-26)8-30-20(24)25)15-6-21(33-35-28,9-31-34-27)10-36(15)18(32-17)19-29-3-4-37-19/h1-5,7-8,17,20,26,30H,6,9-10H2/b11-8+,26-7?/t17-,21?/m0/s1. The van der Waals surface area contributed by atoms with Crippen molar-refractivity contribution in [3.8, 4) is 0 Å². The quantitative estimate of drug-likeness (QED) is 0.128. The summed E-state index contributed by atoms with van der Waals surface area (Å²) in [4.78, 5) is 16.6. The van der Waals surface area contributed by atoms with Gasteiger partial charge in [-0.25, -0.2) is 9.37 Å². The largest absolute Gasteiger partial charge is 0.336 e. The van der Waals surface area contributed by atoms with Crippen LogP contribution in [-0.2, 0) is 0 Å². The number of fused-ring (bicyclic) bond motifs is 1. The molecule has 1 unspecified atom stereocenters. The van der Waals surface area contributed by atoms with E-state index in [1.165, 1.54) is 23.5 Å². The van der Waals surface area contributed by atoms with E-state index >= 15 is 0 Å². The van der Waals surface area contributed by atoms with Gasteiger partial charge >= 0.3 is 6.55 Å². The van der Waals surface area contributed by atoms with Crippen molar-refractivity contribution in [2.24, 2.45) is 15.2 Å². The predicted octanol–water partition coefficient (Wildman–Crippen LogP) is 6.10. The summed E-state index contributed by atoms with van der Waals surface area (Å²) in [5.41, 5.74) is 18.2. The second kappa shape index (κ2) is 10.9. The van der Waals surface area contributed by atoms with Crippen LogP contribution in [-0.4, -0.2) is 47.1 Å². The number of nitrogens with one attached hydrogen (secondary N) is 2. The number of azide groups is 2. The molecule has 0 aliphatic carbocycles. The van der Waals surface area contributed by atoms with Crippen LogP contribution in [0.1, 0.15) is 23.0 Å². The second-order valence-corrected chi connectivity index (χ2v) is 9.30. The van der Waals surface area contributed by atoms with Crippen molar-refractivity contribution in [2.45, 2.75) is 24.6 Å². The number of alkyl halides is 2. The van der Waals surface area contributed by atoms with Gasteiger partial charge in [-0.05, 0) is 28.8 Å². The van der Waals surface area contributed by atoms with Crippen molar-refractivity contribution in [2.75, 3.05) is 13.1 Å². The molecule has 4 rings (SSSR count). The van der Waals surface area contributed by atoms with Gasteiger partial charge in [-0.1, -0.05) is 27.9 Å². The van der Waals surface area contributed by atoms with Crippen molar-refractivity contribution in [3.05, 3.63) is 95.1 Å². The molecule has 0 radical (unpaired) electrons. The van der Waals surface area contributed by atoms with E-state index in [9.17, 15) is 18.7 Å². The summed E-state index contributed by atoms with van der Waals surface area (Å²) < 4.78 is 40.0. The van der Waals surface area contributed by atoms with E-state index in [-0.39, 0.29) is 30.1 Å². The molecule has 16 heteroatoms. The smallest absolute Gasteiger partial charge is 0.312 e. The number of benzene rings is 1. The average molecular weight is 548 g/mol. The van der Waals surface area contributed by atoms with Crippen LogP contribution < -0.4 is 5.32 Å². The molecule has 0 saturated carbocycles. The highest BCUT2D eigenvalue weighted by Gasteiger charge is 2.47. The molecule has 0 bridgehead atoms. The molecule has 190 valence electrons. The van der Waals surface area contributed by atoms with Crippen LogP contribution in [0.5, 0.6) is 0 Å². The Morgan fingerprint density at radius 3 is 2.84 bits per heavy atom. The minimum Gasteiger partial charge on any atom is -0.336 e. The van der Waals surface area contributed by atoms with Gasteiger partial charge in [-0.3, -0.25) is 4.99 Å². The van der Waals surface area contributed by atoms with E-state index in [1.807, 2.05) is 5.32 Å². The summed E-state index contributed by atoms with van der Waals surface area (Å²) >= 11 is 7.69. The van der Waals surface area contributed by atoms with E-state index in [0.717, 1.165) is 18.5 Å². The fourth-order valence-electron chi connectivity index (χ4n) is 4.30. The minimum atomic E-state index is -2.90. The third-order valence-corrected chi connectivity index (χ3v) is 6.86. The Balaban J connectivity index is 2.01. The second-order valence-electron chi connectivity index (χ2n) is 8.00. The molecular weight excluding hydrogens is 531 g/mol. The van der Waals surface area contributed by atoms with E-state index < -0.39 is 23.9 Å². The van der Waals surface area contributed by atoms with E-state index in [2.05, 4.69) is 25.0 Å². The number of aromatic nitrogens is 1. The van der Waals surface area contributed by atoms with Crippen molar-refractivity contribution in [1.29, 1.82) is 5.41 Å². The van der Waals surface area contributed by atoms with Gasteiger partial charge in [0.05, 0.1) is 5.54 Å². The summed E-state index contributed by atoms with van der Waals surface area (Å²) in [6.45, 7) is -3.05. The Kier molecular flexibility index (Phi) is 7.69. The normalized spacial score (nSPS) is 21.2. The minimum absolute atomic E-state index is 0.0327. The molecule has 2 aliphatic heterocycles. The summed E-state index contributed by atoms with van der Waals surface area (Å²) in [5, 5.41) is 19.7. The zero-order chi connectivity index (χ0) is 26.6. The molecule has 3 heterocycles. The Morgan fingerprint density at radius 1 is 1.41 bits per heavy atom. The topological polar surface area (TPSA) is 162 Å². The highest BCUT2D eigenvalue weighted by molar-refractivity contribution is 7.11. The number of rotatable bonds is 9. The molecule has 0 spiro atoms. The monoisotopic (exact) mass is 547 g/mol. The zero-order valence-corrected chi connectivity index (χ0v) is 20.3. The molecular formula is C21H17ClF3N11S. The summed E-state index contributed by atoms with van der Waals surface area (Å²) in [6.07, 6.45) is 3.47. The van der Waals surface area contributed by atoms with Gasteiger partial charge in [-0.2, -0.15) is 8.78 Å². The highest BCUT2D eigenvalue weighted by Crippen LogP contribution is 2.47. The van der Waals surface area contributed by atoms with Gasteiger partial charge in [-0.15, -0.1) is 11.3 Å². The molecule has 2 atom stereocenters. The van der Waals surface area contributed by atoms with Crippen LogP contribution in [0, 0.1) is 11.2 Å². The fourth-order valence-corrected chi connectivity index (χ4v) is 5.21. The van der Waals surface area contributed by atoms with Gasteiger partial charge in [0, 0.05) is 75.2 Å². The zero-order valence-electron chi connectivity index (χ0n) is 18.8. The Bertz CT molecular complexity index is 1390. The first kappa shape index (κ1) is 26.0. The maximum absolute atomic E-state index is 13.9. The maximum Gasteiger partial charge on any atom is 0.312 e. The van der Waals surface area contributed by atoms with Gasteiger partial charge in [0.15, 0.2) is 10.8 Å². The van der Waals surface area contributed by atoms with Gasteiger partial charge in [0.2, 0.25) is 0 Å². The van der Waals surface area contributed by atoms with E-state index in [1.54, 1.807) is 16.5 Å². The molecule has 37 heavy (non-hydrogen) atoms. The first-order chi connectivity index (χ1) is 17.8. The number of hydrogen-bond donors (Lipinski definition) is 2. The number of nitrogens with zero attached hydrogens (tertiary/aromatic N) is 9. The van der Waals surface area contributed by atoms with Gasteiger partial charge < -0.3 is 15.6 Å². The number of thiazole rings is 1. The molecule has 1 aromatic heterocycles. The van der Waals surface area contributed by atoms with Crippen LogP contribution in [0.4, 0.5) is 13.2 Å². The molecule has 2 aromatic rings. The molecule has 1 fully saturated rings. The van der Waals surface area contributed by atoms with Gasteiger partial charge in [0.1, 0.15) is 11.9 Å². The lowest BCUT2D eigenvalue weighted by Crippen LogP contribution is -2.38. The number of aliphatic imine (C=N–C) groups is 1. The predicted molar refractivity (Wildman–Crippen MR) is 133 cm³/mol. The number of halogens is 4. The Labute approximate surface area is 216 Å². The third-order valence-electron chi connectivity index (χ3n) is 5.76. The van der Waals surface area contributed by atoms with Crippen molar-refractivity contribution < 1.29 is 13.2 Å². The third kappa shape index (κ3) is 5.25. The van der Waals surface area contributed by atoms with E-state index in [0.29, 0.717) is 27.7 Å². The molecule has 11 nitrogen and oxygen atoms in total. The van der Waals surface area contributed by atoms with Crippen LogP contribution in [0.2, 0.25) is 5.02 Å². The summed E-state index contributed by atoms with van der Waals surface area (Å²) in [6, 6.07) is 2.78. The first-order valence-electron chi connectivity index (χ1n) is 10.6. The lowest BCUT2D eigenvalue weighted by molar-refractivity contribution is 0.125. The van der Waals surface area contributed by atoms with Crippen molar-refractivity contribution >= 4 is 35.0 Å². The highest BCUT2D eigenvalue weighted by atomic mass is 35.5. The molecule has 2 aliphatic rings. The Morgan fingerprint density at radius 2 is 2.22 bits per heavy atom. The SMILES string of the molecule is [N-]=[N+]=NCC1(N=[N+]=[N-])CC2=C(/C(C=N)=C/NC(F)F)[C@H](c3ccc(F)cc3Cl)N=C(c3nccs3)N2C1. The van der Waals surface area contributed by atoms with Crippen LogP contribution in [0.25, 0.3) is 20.9 Å². The Hall–Kier alpha value is -4.03. The lowest BCUT2D eigenvalue weighted by atomic mass is 9.88.